The molecule has 4 aromatic heterocycles. The number of nitrogens with zero attached hydrogens (tertiary/aromatic N) is 4. The summed E-state index contributed by atoms with van der Waals surface area (Å²) < 4.78 is 18.7. The third-order valence-corrected chi connectivity index (χ3v) is 8.64. The molecule has 8 rings (SSSR count). The Hall–Kier alpha value is -5.91. The van der Waals surface area contributed by atoms with Gasteiger partial charge in [-0.05, 0) is 74.2 Å². The number of ether oxygens (including phenoxy) is 1. The van der Waals surface area contributed by atoms with Crippen LogP contribution in [0, 0.1) is 39.8 Å². The zero-order valence-electron chi connectivity index (χ0n) is 28.9. The van der Waals surface area contributed by atoms with Crippen LogP contribution in [-0.2, 0) is 21.1 Å². The van der Waals surface area contributed by atoms with Gasteiger partial charge in [0, 0.05) is 22.9 Å². The van der Waals surface area contributed by atoms with Crippen LogP contribution in [0.3, 0.4) is 0 Å². The van der Waals surface area contributed by atoms with Gasteiger partial charge in [0.15, 0.2) is 0 Å². The molecule has 52 heavy (non-hydrogen) atoms. The number of hydrogen-bond donors (Lipinski definition) is 0. The van der Waals surface area contributed by atoms with Crippen LogP contribution in [0.5, 0.6) is 11.5 Å². The van der Waals surface area contributed by atoms with Gasteiger partial charge in [0.25, 0.3) is 0 Å². The van der Waals surface area contributed by atoms with Crippen molar-refractivity contribution in [3.05, 3.63) is 156 Å². The van der Waals surface area contributed by atoms with E-state index in [2.05, 4.69) is 56.8 Å². The average Bonchev–Trinajstić information content (AvgIpc) is 3.80. The molecular formula is C44H32N4O3Pt. The van der Waals surface area contributed by atoms with Gasteiger partial charge in [0.05, 0.1) is 11.4 Å². The van der Waals surface area contributed by atoms with Gasteiger partial charge < -0.3 is 13.6 Å². The van der Waals surface area contributed by atoms with Gasteiger partial charge in [-0.25, -0.2) is 10.2 Å². The molecule has 4 aromatic carbocycles. The second-order valence-corrected chi connectivity index (χ2v) is 12.4. The van der Waals surface area contributed by atoms with E-state index in [1.165, 1.54) is 0 Å². The van der Waals surface area contributed by atoms with Crippen molar-refractivity contribution >= 4 is 0 Å². The maximum atomic E-state index is 6.63. The van der Waals surface area contributed by atoms with E-state index < -0.39 is 0 Å². The molecule has 0 fully saturated rings. The minimum absolute atomic E-state index is 0. The smallest absolute Gasteiger partial charge is 0.497 e. The van der Waals surface area contributed by atoms with Gasteiger partial charge in [-0.3, -0.25) is 0 Å². The fourth-order valence-electron chi connectivity index (χ4n) is 6.04. The van der Waals surface area contributed by atoms with Gasteiger partial charge >= 0.3 is 21.1 Å². The first-order valence-electron chi connectivity index (χ1n) is 16.6. The minimum Gasteiger partial charge on any atom is -0.497 e. The topological polar surface area (TPSA) is 87.1 Å². The quantitative estimate of drug-likeness (QED) is 0.141. The number of benzene rings is 4. The number of rotatable bonds is 8. The van der Waals surface area contributed by atoms with Crippen LogP contribution in [0.4, 0.5) is 0 Å². The van der Waals surface area contributed by atoms with E-state index in [1.807, 2.05) is 125 Å². The van der Waals surface area contributed by atoms with E-state index in [4.69, 9.17) is 13.6 Å². The Labute approximate surface area is 316 Å². The number of aromatic nitrogens is 4. The Kier molecular flexibility index (Phi) is 9.79. The molecule has 4 heterocycles. The van der Waals surface area contributed by atoms with Crippen LogP contribution in [0.1, 0.15) is 22.9 Å². The van der Waals surface area contributed by atoms with Crippen molar-refractivity contribution in [2.24, 2.45) is 0 Å². The normalized spacial score (nSPS) is 10.9. The van der Waals surface area contributed by atoms with Crippen molar-refractivity contribution in [1.82, 2.24) is 20.4 Å². The van der Waals surface area contributed by atoms with Crippen LogP contribution in [0.25, 0.3) is 67.4 Å². The van der Waals surface area contributed by atoms with Crippen molar-refractivity contribution < 1.29 is 34.6 Å². The Morgan fingerprint density at radius 3 is 1.27 bits per heavy atom. The largest absolute Gasteiger partial charge is 2.00 e. The second kappa shape index (κ2) is 14.7. The first-order chi connectivity index (χ1) is 24.9. The van der Waals surface area contributed by atoms with Crippen LogP contribution in [0.2, 0.25) is 0 Å². The summed E-state index contributed by atoms with van der Waals surface area (Å²) in [5.74, 6) is 3.91. The summed E-state index contributed by atoms with van der Waals surface area (Å²) in [7, 11) is 0. The summed E-state index contributed by atoms with van der Waals surface area (Å²) in [5, 5.41) is 18.2. The summed E-state index contributed by atoms with van der Waals surface area (Å²) in [6.07, 6.45) is 0. The molecule has 8 heteroatoms. The van der Waals surface area contributed by atoms with Crippen molar-refractivity contribution in [3.8, 4) is 78.9 Å². The number of aryl methyl sites for hydroxylation is 4. The fourth-order valence-corrected chi connectivity index (χ4v) is 6.04. The molecular weight excluding hydrogens is 828 g/mol. The molecule has 0 aliphatic carbocycles. The van der Waals surface area contributed by atoms with E-state index in [0.29, 0.717) is 45.5 Å². The molecule has 0 unspecified atom stereocenters. The van der Waals surface area contributed by atoms with Gasteiger partial charge in [0.2, 0.25) is 0 Å². The van der Waals surface area contributed by atoms with Crippen molar-refractivity contribution in [1.29, 1.82) is 0 Å². The van der Waals surface area contributed by atoms with E-state index in [0.717, 1.165) is 56.3 Å². The summed E-state index contributed by atoms with van der Waals surface area (Å²) in [4.78, 5) is 0. The molecule has 0 saturated carbocycles. The van der Waals surface area contributed by atoms with Crippen molar-refractivity contribution in [3.63, 3.8) is 0 Å². The Morgan fingerprint density at radius 1 is 0.462 bits per heavy atom. The monoisotopic (exact) mass is 859 g/mol. The van der Waals surface area contributed by atoms with Crippen LogP contribution >= 0.6 is 0 Å². The molecule has 0 N–H and O–H groups in total. The number of furan rings is 2. The predicted molar refractivity (Wildman–Crippen MR) is 198 cm³/mol. The van der Waals surface area contributed by atoms with E-state index >= 15 is 0 Å². The van der Waals surface area contributed by atoms with Crippen molar-refractivity contribution in [2.75, 3.05) is 0 Å². The zero-order chi connectivity index (χ0) is 34.9. The molecule has 0 radical (unpaired) electrons. The van der Waals surface area contributed by atoms with Gasteiger partial charge in [-0.2, -0.15) is 10.2 Å². The summed E-state index contributed by atoms with van der Waals surface area (Å²) in [6.45, 7) is 7.76. The molecule has 0 amide bonds. The predicted octanol–water partition coefficient (Wildman–Crippen LogP) is 11.1. The molecule has 0 atom stereocenters. The molecule has 0 aliphatic heterocycles. The van der Waals surface area contributed by atoms with Crippen molar-refractivity contribution in [2.45, 2.75) is 27.7 Å². The van der Waals surface area contributed by atoms with E-state index in [9.17, 15) is 0 Å². The molecule has 0 bridgehead atoms. The van der Waals surface area contributed by atoms with Gasteiger partial charge in [0.1, 0.15) is 23.0 Å². The third-order valence-electron chi connectivity index (χ3n) is 8.64. The maximum Gasteiger partial charge on any atom is 2.00 e. The standard InChI is InChI=1S/C44H32N4O3.Pt/c1-27-15-17-43(49-27)35-19-33(41-25-39(29(3)45-47-41)31-11-7-5-8-12-31)21-37(23-35)51-38-22-34(20-36(24-38)44-18-16-28(2)50-44)42-26-40(30(4)46-48-42)32-13-9-6-10-14-32;/h5-20,23-26H,1-4H3;/q-2;+2. The Morgan fingerprint density at radius 2 is 0.885 bits per heavy atom. The summed E-state index contributed by atoms with van der Waals surface area (Å²) in [5.41, 5.74) is 10.1. The Balaban J connectivity index is 0.00000420. The SMILES string of the molecule is Cc1ccc(-c2cc(Oc3[c-]c(-c4cc(-c5ccccc5)c(C)nn4)cc(-c4ccc(C)o4)c3)[c-]c(-c3cc(-c4ccccc4)c(C)nn3)c2)o1.[Pt+2]. The van der Waals surface area contributed by atoms with Gasteiger partial charge in [-0.1, -0.05) is 108 Å². The molecule has 0 saturated heterocycles. The van der Waals surface area contributed by atoms with Gasteiger partial charge in [-0.15, -0.1) is 23.3 Å². The first kappa shape index (κ1) is 34.5. The zero-order valence-corrected chi connectivity index (χ0v) is 31.1. The minimum atomic E-state index is 0. The van der Waals surface area contributed by atoms with E-state index in [-0.39, 0.29) is 21.1 Å². The summed E-state index contributed by atoms with van der Waals surface area (Å²) >= 11 is 0. The third kappa shape index (κ3) is 7.27. The molecule has 0 aliphatic rings. The fraction of sp³-hybridized carbons (Fsp3) is 0.0909. The molecule has 7 nitrogen and oxygen atoms in total. The number of hydrogen-bond acceptors (Lipinski definition) is 7. The molecule has 256 valence electrons. The van der Waals surface area contributed by atoms with Crippen LogP contribution in [0.15, 0.2) is 130 Å². The molecule has 0 spiro atoms. The maximum absolute atomic E-state index is 6.63. The molecule has 8 aromatic rings. The Bertz CT molecular complexity index is 2330. The second-order valence-electron chi connectivity index (χ2n) is 12.4. The van der Waals surface area contributed by atoms with Crippen LogP contribution < -0.4 is 4.74 Å². The van der Waals surface area contributed by atoms with Crippen LogP contribution in [-0.4, -0.2) is 20.4 Å². The summed E-state index contributed by atoms with van der Waals surface area (Å²) in [6, 6.07) is 46.8. The average molecular weight is 860 g/mol. The first-order valence-corrected chi connectivity index (χ1v) is 16.6. The van der Waals surface area contributed by atoms with E-state index in [1.54, 1.807) is 0 Å².